The van der Waals surface area contributed by atoms with Gasteiger partial charge in [0.15, 0.2) is 0 Å². The zero-order chi connectivity index (χ0) is 15.1. The van der Waals surface area contributed by atoms with Gasteiger partial charge in [0.25, 0.3) is 0 Å². The van der Waals surface area contributed by atoms with Crippen LogP contribution in [0.2, 0.25) is 24.2 Å². The van der Waals surface area contributed by atoms with Crippen LogP contribution in [0.1, 0.15) is 13.8 Å². The summed E-state index contributed by atoms with van der Waals surface area (Å²) in [7, 11) is -0.0663. The fourth-order valence-corrected chi connectivity index (χ4v) is 10.1. The molecule has 0 saturated heterocycles. The summed E-state index contributed by atoms with van der Waals surface area (Å²) >= 11 is 0. The van der Waals surface area contributed by atoms with E-state index in [1.165, 1.54) is 23.3 Å². The largest absolute Gasteiger partial charge is 0.394 e. The molecule has 0 unspecified atom stereocenters. The van der Waals surface area contributed by atoms with Gasteiger partial charge in [-0.3, -0.25) is 0 Å². The van der Waals surface area contributed by atoms with Gasteiger partial charge in [0.1, 0.15) is 0 Å². The van der Waals surface area contributed by atoms with Gasteiger partial charge in [-0.2, -0.15) is 0 Å². The molecule has 0 aromatic heterocycles. The van der Waals surface area contributed by atoms with Crippen molar-refractivity contribution in [2.45, 2.75) is 38.0 Å². The van der Waals surface area contributed by atoms with Crippen LogP contribution in [0.15, 0.2) is 42.6 Å². The maximum atomic E-state index is 5.91. The summed E-state index contributed by atoms with van der Waals surface area (Å²) in [5.74, 6) is 0. The zero-order valence-corrected chi connectivity index (χ0v) is 15.3. The molecule has 1 aromatic rings. The molecule has 0 spiro atoms. The van der Waals surface area contributed by atoms with Crippen molar-refractivity contribution >= 4 is 21.8 Å². The SMILES string of the molecule is C=C[Si](CC)(CC)CC[Si](OC)(OC)c1ccccc1. The summed E-state index contributed by atoms with van der Waals surface area (Å²) < 4.78 is 11.8. The van der Waals surface area contributed by atoms with Gasteiger partial charge in [-0.15, -0.1) is 12.3 Å². The van der Waals surface area contributed by atoms with Gasteiger partial charge in [-0.25, -0.2) is 0 Å². The Kier molecular flexibility index (Phi) is 6.88. The second-order valence-corrected chi connectivity index (χ2v) is 13.7. The van der Waals surface area contributed by atoms with E-state index in [1.54, 1.807) is 14.2 Å². The second kappa shape index (κ2) is 7.93. The molecule has 20 heavy (non-hydrogen) atoms. The third kappa shape index (κ3) is 3.69. The number of hydrogen-bond donors (Lipinski definition) is 0. The van der Waals surface area contributed by atoms with E-state index in [9.17, 15) is 0 Å². The van der Waals surface area contributed by atoms with Gasteiger partial charge in [-0.1, -0.05) is 62.3 Å². The summed E-state index contributed by atoms with van der Waals surface area (Å²) in [6.07, 6.45) is 0. The van der Waals surface area contributed by atoms with Gasteiger partial charge in [0.05, 0.1) is 8.07 Å². The van der Waals surface area contributed by atoms with Crippen LogP contribution in [0.4, 0.5) is 0 Å². The van der Waals surface area contributed by atoms with Crippen molar-refractivity contribution in [3.63, 3.8) is 0 Å². The highest BCUT2D eigenvalue weighted by Crippen LogP contribution is 2.28. The molecular weight excluding hydrogens is 280 g/mol. The van der Waals surface area contributed by atoms with Crippen molar-refractivity contribution in [3.05, 3.63) is 42.6 Å². The van der Waals surface area contributed by atoms with Crippen LogP contribution >= 0.6 is 0 Å². The molecule has 0 saturated carbocycles. The highest BCUT2D eigenvalue weighted by molar-refractivity contribution is 6.87. The fraction of sp³-hybridized carbons (Fsp3) is 0.500. The third-order valence-corrected chi connectivity index (χ3v) is 13.5. The smallest absolute Gasteiger partial charge is 0.371 e. The lowest BCUT2D eigenvalue weighted by molar-refractivity contribution is 0.259. The molecule has 0 radical (unpaired) electrons. The van der Waals surface area contributed by atoms with Crippen LogP contribution in [0.5, 0.6) is 0 Å². The molecule has 0 aliphatic carbocycles. The molecular formula is C16H28O2Si2. The van der Waals surface area contributed by atoms with Crippen LogP contribution in [0.25, 0.3) is 0 Å². The average molecular weight is 309 g/mol. The molecule has 0 fully saturated rings. The van der Waals surface area contributed by atoms with E-state index in [-0.39, 0.29) is 0 Å². The van der Waals surface area contributed by atoms with E-state index in [1.807, 2.05) is 6.07 Å². The van der Waals surface area contributed by atoms with E-state index in [0.29, 0.717) is 0 Å². The second-order valence-electron chi connectivity index (χ2n) is 5.30. The monoisotopic (exact) mass is 308 g/mol. The maximum Gasteiger partial charge on any atom is 0.371 e. The van der Waals surface area contributed by atoms with E-state index in [0.717, 1.165) is 6.04 Å². The van der Waals surface area contributed by atoms with Crippen molar-refractivity contribution in [2.24, 2.45) is 0 Å². The highest BCUT2D eigenvalue weighted by atomic mass is 28.4. The average Bonchev–Trinajstić information content (AvgIpc) is 2.54. The minimum absolute atomic E-state index is 1.02. The van der Waals surface area contributed by atoms with Crippen molar-refractivity contribution < 1.29 is 8.85 Å². The molecule has 0 bridgehead atoms. The fourth-order valence-electron chi connectivity index (χ4n) is 2.77. The summed E-state index contributed by atoms with van der Waals surface area (Å²) in [6.45, 7) is 8.68. The lowest BCUT2D eigenvalue weighted by Crippen LogP contribution is -2.53. The first-order valence-corrected chi connectivity index (χ1v) is 12.1. The summed E-state index contributed by atoms with van der Waals surface area (Å²) in [5.41, 5.74) is 2.25. The van der Waals surface area contributed by atoms with Crippen molar-refractivity contribution in [1.82, 2.24) is 0 Å². The molecule has 0 aliphatic heterocycles. The first kappa shape index (κ1) is 17.4. The summed E-state index contributed by atoms with van der Waals surface area (Å²) in [5, 5.41) is 1.23. The molecule has 0 amide bonds. The zero-order valence-electron chi connectivity index (χ0n) is 13.3. The van der Waals surface area contributed by atoms with Crippen molar-refractivity contribution in [2.75, 3.05) is 14.2 Å². The Morgan fingerprint density at radius 1 is 1.00 bits per heavy atom. The Morgan fingerprint density at radius 3 is 1.95 bits per heavy atom. The van der Waals surface area contributed by atoms with Gasteiger partial charge in [-0.05, 0) is 11.2 Å². The molecule has 0 atom stereocenters. The molecule has 1 aromatic carbocycles. The van der Waals surface area contributed by atoms with Crippen LogP contribution in [0.3, 0.4) is 0 Å². The van der Waals surface area contributed by atoms with Crippen LogP contribution in [0, 0.1) is 0 Å². The molecule has 4 heteroatoms. The van der Waals surface area contributed by atoms with Crippen LogP contribution < -0.4 is 5.19 Å². The minimum atomic E-state index is -2.29. The molecule has 0 heterocycles. The number of rotatable bonds is 9. The quantitative estimate of drug-likeness (QED) is 0.645. The Morgan fingerprint density at radius 2 is 1.55 bits per heavy atom. The predicted molar refractivity (Wildman–Crippen MR) is 92.4 cm³/mol. The van der Waals surface area contributed by atoms with Crippen molar-refractivity contribution in [1.29, 1.82) is 0 Å². The highest BCUT2D eigenvalue weighted by Gasteiger charge is 2.40. The Labute approximate surface area is 126 Å². The van der Waals surface area contributed by atoms with Crippen LogP contribution in [-0.4, -0.2) is 30.9 Å². The van der Waals surface area contributed by atoms with Gasteiger partial charge in [0.2, 0.25) is 0 Å². The van der Waals surface area contributed by atoms with E-state index < -0.39 is 16.6 Å². The van der Waals surface area contributed by atoms with Gasteiger partial charge >= 0.3 is 8.56 Å². The summed E-state index contributed by atoms with van der Waals surface area (Å²) in [4.78, 5) is 0. The normalized spacial score (nSPS) is 12.4. The lowest BCUT2D eigenvalue weighted by Gasteiger charge is -2.32. The van der Waals surface area contributed by atoms with Gasteiger partial charge < -0.3 is 8.85 Å². The third-order valence-electron chi connectivity index (χ3n) is 4.67. The van der Waals surface area contributed by atoms with E-state index in [4.69, 9.17) is 8.85 Å². The topological polar surface area (TPSA) is 18.5 Å². The van der Waals surface area contributed by atoms with E-state index in [2.05, 4.69) is 50.4 Å². The first-order valence-electron chi connectivity index (χ1n) is 7.41. The molecule has 0 aliphatic rings. The maximum absolute atomic E-state index is 5.91. The molecule has 2 nitrogen and oxygen atoms in total. The Hall–Kier alpha value is -0.686. The first-order chi connectivity index (χ1) is 9.62. The predicted octanol–water partition coefficient (Wildman–Crippen LogP) is 3.84. The molecule has 112 valence electrons. The Bertz CT molecular complexity index is 398. The standard InChI is InChI=1S/C16H28O2Si2/c1-6-19(7-2,8-3)14-15-20(17-4,18-5)16-12-10-9-11-13-16/h6,9-13H,1,7-8,14-15H2,2-5H3. The molecule has 0 N–H and O–H groups in total. The molecule has 1 rings (SSSR count). The number of hydrogen-bond acceptors (Lipinski definition) is 2. The van der Waals surface area contributed by atoms with Gasteiger partial charge in [0, 0.05) is 14.2 Å². The van der Waals surface area contributed by atoms with E-state index >= 15 is 0 Å². The number of benzene rings is 1. The summed E-state index contributed by atoms with van der Waals surface area (Å²) in [6, 6.07) is 15.1. The van der Waals surface area contributed by atoms with Crippen LogP contribution in [-0.2, 0) is 8.85 Å². The lowest BCUT2D eigenvalue weighted by atomic mass is 10.4. The van der Waals surface area contributed by atoms with Crippen molar-refractivity contribution in [3.8, 4) is 0 Å². The Balaban J connectivity index is 2.96. The minimum Gasteiger partial charge on any atom is -0.394 e.